The number of halogens is 1. The summed E-state index contributed by atoms with van der Waals surface area (Å²) in [5, 5.41) is 0. The Labute approximate surface area is 144 Å². The van der Waals surface area contributed by atoms with Crippen LogP contribution < -0.4 is 0 Å². The fraction of sp³-hybridized carbons (Fsp3) is 0.211. The van der Waals surface area contributed by atoms with Crippen LogP contribution in [0.3, 0.4) is 0 Å². The molecule has 1 aromatic carbocycles. The average molecular weight is 340 g/mol. The van der Waals surface area contributed by atoms with Crippen molar-refractivity contribution in [1.82, 2.24) is 9.88 Å². The third kappa shape index (κ3) is 3.74. The zero-order valence-electron chi connectivity index (χ0n) is 13.7. The predicted octanol–water partition coefficient (Wildman–Crippen LogP) is 2.36. The molecule has 6 heteroatoms. The van der Waals surface area contributed by atoms with E-state index in [4.69, 9.17) is 4.74 Å². The second kappa shape index (κ2) is 7.25. The third-order valence-electron chi connectivity index (χ3n) is 4.15. The number of carbonyl (C=O) groups excluding carboxylic acids is 2. The number of ether oxygens (including phenoxy) is 1. The summed E-state index contributed by atoms with van der Waals surface area (Å²) in [6.07, 6.45) is 5.75. The minimum Gasteiger partial charge on any atom is -0.467 e. The lowest BCUT2D eigenvalue weighted by molar-refractivity contribution is -0.152. The Kier molecular flexibility index (Phi) is 4.88. The van der Waals surface area contributed by atoms with E-state index in [0.717, 1.165) is 17.3 Å². The van der Waals surface area contributed by atoms with Crippen molar-refractivity contribution < 1.29 is 18.7 Å². The fourth-order valence-electron chi connectivity index (χ4n) is 2.88. The summed E-state index contributed by atoms with van der Waals surface area (Å²) >= 11 is 0. The average Bonchev–Trinajstić information content (AvgIpc) is 2.64. The highest BCUT2D eigenvalue weighted by molar-refractivity contribution is 5.95. The molecular formula is C19H17FN2O3. The standard InChI is InChI=1S/C19H17FN2O3/c1-25-19(24)17-9-14-4-2-3-5-15(14)12-22(17)18(23)7-6-13-8-16(20)11-21-10-13/h2-8,10-11,17H,9,12H2,1H3/b7-6+. The number of nitrogens with zero attached hydrogens (tertiary/aromatic N) is 2. The van der Waals surface area contributed by atoms with Crippen LogP contribution >= 0.6 is 0 Å². The van der Waals surface area contributed by atoms with Crippen LogP contribution in [-0.2, 0) is 27.3 Å². The largest absolute Gasteiger partial charge is 0.467 e. The topological polar surface area (TPSA) is 59.5 Å². The Balaban J connectivity index is 1.84. The van der Waals surface area contributed by atoms with Gasteiger partial charge in [-0.05, 0) is 28.8 Å². The van der Waals surface area contributed by atoms with Gasteiger partial charge in [-0.25, -0.2) is 9.18 Å². The molecule has 0 aliphatic carbocycles. The molecule has 1 aromatic heterocycles. The van der Waals surface area contributed by atoms with Crippen molar-refractivity contribution in [3.05, 3.63) is 71.3 Å². The van der Waals surface area contributed by atoms with Gasteiger partial charge in [-0.3, -0.25) is 9.78 Å². The minimum atomic E-state index is -0.678. The zero-order chi connectivity index (χ0) is 17.8. The van der Waals surface area contributed by atoms with Gasteiger partial charge in [-0.15, -0.1) is 0 Å². The molecule has 0 saturated heterocycles. The molecule has 1 unspecified atom stereocenters. The number of carbonyl (C=O) groups is 2. The minimum absolute atomic E-state index is 0.320. The highest BCUT2D eigenvalue weighted by Gasteiger charge is 2.34. The van der Waals surface area contributed by atoms with E-state index in [-0.39, 0.29) is 5.91 Å². The monoisotopic (exact) mass is 340 g/mol. The van der Waals surface area contributed by atoms with Gasteiger partial charge in [0.05, 0.1) is 13.3 Å². The van der Waals surface area contributed by atoms with Crippen LogP contribution in [0.5, 0.6) is 0 Å². The van der Waals surface area contributed by atoms with Crippen molar-refractivity contribution in [2.75, 3.05) is 7.11 Å². The molecule has 2 heterocycles. The summed E-state index contributed by atoms with van der Waals surface area (Å²) in [7, 11) is 1.31. The summed E-state index contributed by atoms with van der Waals surface area (Å²) in [5.74, 6) is -1.27. The van der Waals surface area contributed by atoms with E-state index < -0.39 is 17.8 Å². The number of rotatable bonds is 3. The van der Waals surface area contributed by atoms with Gasteiger partial charge in [-0.1, -0.05) is 24.3 Å². The lowest BCUT2D eigenvalue weighted by atomic mass is 9.94. The number of benzene rings is 1. The van der Waals surface area contributed by atoms with Crippen molar-refractivity contribution >= 4 is 18.0 Å². The maximum absolute atomic E-state index is 13.2. The van der Waals surface area contributed by atoms with E-state index in [2.05, 4.69) is 4.98 Å². The maximum atomic E-state index is 13.2. The van der Waals surface area contributed by atoms with Crippen LogP contribution in [0, 0.1) is 5.82 Å². The van der Waals surface area contributed by atoms with Gasteiger partial charge in [-0.2, -0.15) is 0 Å². The summed E-state index contributed by atoms with van der Waals surface area (Å²) in [6, 6.07) is 8.28. The summed E-state index contributed by atoms with van der Waals surface area (Å²) in [6.45, 7) is 0.320. The van der Waals surface area contributed by atoms with E-state index in [1.165, 1.54) is 36.4 Å². The number of aromatic nitrogens is 1. The molecule has 5 nitrogen and oxygen atoms in total. The number of esters is 1. The predicted molar refractivity (Wildman–Crippen MR) is 89.7 cm³/mol. The molecule has 0 saturated carbocycles. The van der Waals surface area contributed by atoms with Crippen LogP contribution in [0.25, 0.3) is 6.08 Å². The molecule has 25 heavy (non-hydrogen) atoms. The number of amides is 1. The highest BCUT2D eigenvalue weighted by atomic mass is 19.1. The molecule has 0 bridgehead atoms. The molecule has 2 aromatic rings. The quantitative estimate of drug-likeness (QED) is 0.636. The smallest absolute Gasteiger partial charge is 0.328 e. The molecule has 0 spiro atoms. The van der Waals surface area contributed by atoms with Gasteiger partial charge in [0.2, 0.25) is 5.91 Å². The van der Waals surface area contributed by atoms with E-state index >= 15 is 0 Å². The Morgan fingerprint density at radius 2 is 2.04 bits per heavy atom. The first-order chi connectivity index (χ1) is 12.1. The molecule has 0 N–H and O–H groups in total. The SMILES string of the molecule is COC(=O)C1Cc2ccccc2CN1C(=O)/C=C/c1cncc(F)c1. The summed E-state index contributed by atoms with van der Waals surface area (Å²) in [5.41, 5.74) is 2.50. The van der Waals surface area contributed by atoms with Crippen molar-refractivity contribution in [3.63, 3.8) is 0 Å². The van der Waals surface area contributed by atoms with Gasteiger partial charge < -0.3 is 9.64 Å². The Hall–Kier alpha value is -3.02. The van der Waals surface area contributed by atoms with Crippen LogP contribution in [0.1, 0.15) is 16.7 Å². The number of methoxy groups -OCH3 is 1. The van der Waals surface area contributed by atoms with Crippen LogP contribution in [0.15, 0.2) is 48.8 Å². The fourth-order valence-corrected chi connectivity index (χ4v) is 2.88. The molecule has 3 rings (SSSR count). The summed E-state index contributed by atoms with van der Waals surface area (Å²) < 4.78 is 18.0. The molecule has 1 atom stereocenters. The lowest BCUT2D eigenvalue weighted by Crippen LogP contribution is -2.48. The number of pyridine rings is 1. The summed E-state index contributed by atoms with van der Waals surface area (Å²) in [4.78, 5) is 29.9. The van der Waals surface area contributed by atoms with Crippen LogP contribution in [0.2, 0.25) is 0 Å². The molecule has 0 fully saturated rings. The number of fused-ring (bicyclic) bond motifs is 1. The first-order valence-corrected chi connectivity index (χ1v) is 7.82. The molecule has 0 radical (unpaired) electrons. The van der Waals surface area contributed by atoms with E-state index in [1.54, 1.807) is 0 Å². The number of hydrogen-bond donors (Lipinski definition) is 0. The van der Waals surface area contributed by atoms with Crippen molar-refractivity contribution in [1.29, 1.82) is 0 Å². The molecule has 1 aliphatic rings. The van der Waals surface area contributed by atoms with Gasteiger partial charge in [0.1, 0.15) is 11.9 Å². The maximum Gasteiger partial charge on any atom is 0.328 e. The van der Waals surface area contributed by atoms with E-state index in [0.29, 0.717) is 18.5 Å². The third-order valence-corrected chi connectivity index (χ3v) is 4.15. The van der Waals surface area contributed by atoms with Crippen molar-refractivity contribution in [3.8, 4) is 0 Å². The van der Waals surface area contributed by atoms with Crippen LogP contribution in [0.4, 0.5) is 4.39 Å². The van der Waals surface area contributed by atoms with Gasteiger partial charge in [0, 0.05) is 25.2 Å². The molecular weight excluding hydrogens is 323 g/mol. The van der Waals surface area contributed by atoms with E-state index in [1.807, 2.05) is 24.3 Å². The number of hydrogen-bond acceptors (Lipinski definition) is 4. The first-order valence-electron chi connectivity index (χ1n) is 7.82. The molecule has 1 amide bonds. The highest BCUT2D eigenvalue weighted by Crippen LogP contribution is 2.24. The second-order valence-electron chi connectivity index (χ2n) is 5.75. The first kappa shape index (κ1) is 16.8. The van der Waals surface area contributed by atoms with Crippen LogP contribution in [-0.4, -0.2) is 34.9 Å². The Bertz CT molecular complexity index is 835. The Morgan fingerprint density at radius 3 is 2.76 bits per heavy atom. The van der Waals surface area contributed by atoms with Crippen molar-refractivity contribution in [2.24, 2.45) is 0 Å². The Morgan fingerprint density at radius 1 is 1.28 bits per heavy atom. The van der Waals surface area contributed by atoms with Gasteiger partial charge in [0.15, 0.2) is 0 Å². The van der Waals surface area contributed by atoms with Gasteiger partial charge in [0.25, 0.3) is 0 Å². The molecule has 128 valence electrons. The molecule has 1 aliphatic heterocycles. The normalized spacial score (nSPS) is 16.6. The zero-order valence-corrected chi connectivity index (χ0v) is 13.7. The van der Waals surface area contributed by atoms with Gasteiger partial charge >= 0.3 is 5.97 Å². The van der Waals surface area contributed by atoms with E-state index in [9.17, 15) is 14.0 Å². The lowest BCUT2D eigenvalue weighted by Gasteiger charge is -2.34. The second-order valence-corrected chi connectivity index (χ2v) is 5.75. The van der Waals surface area contributed by atoms with Crippen molar-refractivity contribution in [2.45, 2.75) is 19.0 Å².